The van der Waals surface area contributed by atoms with Crippen molar-refractivity contribution in [2.45, 2.75) is 18.7 Å². The van der Waals surface area contributed by atoms with E-state index in [4.69, 9.17) is 5.11 Å². The molecule has 0 radical (unpaired) electrons. The molecule has 0 amide bonds. The first-order valence-corrected chi connectivity index (χ1v) is 6.65. The van der Waals surface area contributed by atoms with Crippen molar-refractivity contribution in [2.24, 2.45) is 0 Å². The maximum atomic E-state index is 11.7. The van der Waals surface area contributed by atoms with E-state index in [2.05, 4.69) is 9.72 Å². The van der Waals surface area contributed by atoms with Gasteiger partial charge in [0.25, 0.3) is 5.56 Å². The third-order valence-electron chi connectivity index (χ3n) is 2.43. The molecule has 7 nitrogen and oxygen atoms in total. The lowest BCUT2D eigenvalue weighted by Gasteiger charge is -2.17. The summed E-state index contributed by atoms with van der Waals surface area (Å²) in [5.74, 6) is -0.0992. The summed E-state index contributed by atoms with van der Waals surface area (Å²) in [7, 11) is 1.26. The number of aromatic amines is 1. The van der Waals surface area contributed by atoms with Crippen LogP contribution >= 0.6 is 11.8 Å². The summed E-state index contributed by atoms with van der Waals surface area (Å²) in [4.78, 5) is 36.6. The number of thioether (sulfide) groups is 1. The zero-order valence-electron chi connectivity index (χ0n) is 10.7. The predicted molar refractivity (Wildman–Crippen MR) is 71.3 cm³/mol. The van der Waals surface area contributed by atoms with Gasteiger partial charge < -0.3 is 9.84 Å². The van der Waals surface area contributed by atoms with Gasteiger partial charge in [-0.3, -0.25) is 19.1 Å². The van der Waals surface area contributed by atoms with E-state index in [1.165, 1.54) is 29.6 Å². The average molecular weight is 288 g/mol. The van der Waals surface area contributed by atoms with Crippen molar-refractivity contribution in [1.82, 2.24) is 9.55 Å². The van der Waals surface area contributed by atoms with Gasteiger partial charge in [0.1, 0.15) is 0 Å². The van der Waals surface area contributed by atoms with E-state index in [1.807, 2.05) is 0 Å². The van der Waals surface area contributed by atoms with Crippen molar-refractivity contribution in [3.05, 3.63) is 32.6 Å². The number of hydrogen-bond acceptors (Lipinski definition) is 6. The largest absolute Gasteiger partial charge is 0.469 e. The molecule has 1 heterocycles. The monoisotopic (exact) mass is 288 g/mol. The Labute approximate surface area is 113 Å². The second-order valence-corrected chi connectivity index (χ2v) is 5.09. The lowest BCUT2D eigenvalue weighted by molar-refractivity contribution is -0.140. The van der Waals surface area contributed by atoms with Gasteiger partial charge in [0.2, 0.25) is 0 Å². The SMILES string of the molecule is COC(=O)CC(SCCO)n1cc(C)c(=O)[nH]c1=O. The van der Waals surface area contributed by atoms with E-state index >= 15 is 0 Å². The van der Waals surface area contributed by atoms with Crippen LogP contribution in [0.4, 0.5) is 0 Å². The minimum absolute atomic E-state index is 0.0213. The minimum atomic E-state index is -0.588. The van der Waals surface area contributed by atoms with Crippen LogP contribution in [0.1, 0.15) is 17.4 Å². The third-order valence-corrected chi connectivity index (χ3v) is 3.62. The van der Waals surface area contributed by atoms with Crippen molar-refractivity contribution in [3.63, 3.8) is 0 Å². The Hall–Kier alpha value is -1.54. The van der Waals surface area contributed by atoms with Gasteiger partial charge in [-0.15, -0.1) is 11.8 Å². The maximum Gasteiger partial charge on any atom is 0.329 e. The second kappa shape index (κ2) is 7.15. The number of aromatic nitrogens is 2. The molecule has 0 aromatic carbocycles. The molecular weight excluding hydrogens is 272 g/mol. The molecule has 1 aromatic rings. The van der Waals surface area contributed by atoms with Crippen LogP contribution in [0.3, 0.4) is 0 Å². The Bertz CT molecular complexity index is 551. The Morgan fingerprint density at radius 1 is 1.58 bits per heavy atom. The summed E-state index contributed by atoms with van der Waals surface area (Å²) in [5.41, 5.74) is -0.667. The zero-order valence-corrected chi connectivity index (χ0v) is 11.5. The van der Waals surface area contributed by atoms with Gasteiger partial charge in [-0.25, -0.2) is 4.79 Å². The van der Waals surface area contributed by atoms with Gasteiger partial charge >= 0.3 is 11.7 Å². The van der Waals surface area contributed by atoms with E-state index in [0.29, 0.717) is 11.3 Å². The van der Waals surface area contributed by atoms with Crippen LogP contribution < -0.4 is 11.2 Å². The fraction of sp³-hybridized carbons (Fsp3) is 0.545. The van der Waals surface area contributed by atoms with E-state index in [1.54, 1.807) is 6.92 Å². The standard InChI is InChI=1S/C11H16N2O5S/c1-7-6-13(11(17)12-10(7)16)8(19-4-3-14)5-9(15)18-2/h6,8,14H,3-5H2,1-2H3,(H,12,16,17). The highest BCUT2D eigenvalue weighted by molar-refractivity contribution is 7.99. The van der Waals surface area contributed by atoms with Crippen LogP contribution in [-0.2, 0) is 9.53 Å². The molecule has 0 aliphatic heterocycles. The fourth-order valence-electron chi connectivity index (χ4n) is 1.45. The highest BCUT2D eigenvalue weighted by Gasteiger charge is 2.18. The number of hydrogen-bond donors (Lipinski definition) is 2. The van der Waals surface area contributed by atoms with Gasteiger partial charge in [-0.1, -0.05) is 0 Å². The van der Waals surface area contributed by atoms with E-state index < -0.39 is 22.6 Å². The Kier molecular flexibility index (Phi) is 5.84. The first-order valence-electron chi connectivity index (χ1n) is 5.61. The number of nitrogens with one attached hydrogen (secondary N) is 1. The Morgan fingerprint density at radius 2 is 2.26 bits per heavy atom. The van der Waals surface area contributed by atoms with Crippen molar-refractivity contribution in [2.75, 3.05) is 19.5 Å². The quantitative estimate of drug-likeness (QED) is 0.693. The maximum absolute atomic E-state index is 11.7. The molecule has 8 heteroatoms. The topological polar surface area (TPSA) is 101 Å². The first-order chi connectivity index (χ1) is 8.99. The van der Waals surface area contributed by atoms with Gasteiger partial charge in [-0.05, 0) is 6.92 Å². The number of esters is 1. The molecule has 2 N–H and O–H groups in total. The molecule has 0 saturated heterocycles. The fourth-order valence-corrected chi connectivity index (χ4v) is 2.40. The number of methoxy groups -OCH3 is 1. The number of ether oxygens (including phenoxy) is 1. The lowest BCUT2D eigenvalue weighted by atomic mass is 10.3. The molecule has 1 unspecified atom stereocenters. The summed E-state index contributed by atoms with van der Waals surface area (Å²) in [6.45, 7) is 1.50. The van der Waals surface area contributed by atoms with E-state index in [-0.39, 0.29) is 13.0 Å². The lowest BCUT2D eigenvalue weighted by Crippen LogP contribution is -2.33. The molecule has 0 spiro atoms. The first kappa shape index (κ1) is 15.5. The highest BCUT2D eigenvalue weighted by Crippen LogP contribution is 2.24. The molecule has 19 heavy (non-hydrogen) atoms. The zero-order chi connectivity index (χ0) is 14.4. The summed E-state index contributed by atoms with van der Waals surface area (Å²) in [5, 5.41) is 8.31. The number of aryl methyl sites for hydroxylation is 1. The van der Waals surface area contributed by atoms with Crippen LogP contribution in [0.5, 0.6) is 0 Å². The van der Waals surface area contributed by atoms with Crippen LogP contribution in [0, 0.1) is 6.92 Å². The molecule has 106 valence electrons. The van der Waals surface area contributed by atoms with Crippen LogP contribution in [0.25, 0.3) is 0 Å². The molecule has 0 bridgehead atoms. The van der Waals surface area contributed by atoms with Gasteiger partial charge in [0.05, 0.1) is 25.5 Å². The average Bonchev–Trinajstić information content (AvgIpc) is 2.38. The van der Waals surface area contributed by atoms with Crippen LogP contribution in [0.15, 0.2) is 15.8 Å². The molecule has 0 aliphatic carbocycles. The summed E-state index contributed by atoms with van der Waals surface area (Å²) in [6.07, 6.45) is 1.38. The Balaban J connectivity index is 3.09. The molecule has 1 atom stereocenters. The number of carbonyl (C=O) groups excluding carboxylic acids is 1. The van der Waals surface area contributed by atoms with Crippen molar-refractivity contribution in [3.8, 4) is 0 Å². The smallest absolute Gasteiger partial charge is 0.329 e. The van der Waals surface area contributed by atoms with Crippen molar-refractivity contribution >= 4 is 17.7 Å². The normalized spacial score (nSPS) is 12.2. The molecular formula is C11H16N2O5S. The van der Waals surface area contributed by atoms with Crippen LogP contribution in [0.2, 0.25) is 0 Å². The molecule has 1 rings (SSSR count). The summed E-state index contributed by atoms with van der Waals surface area (Å²) >= 11 is 1.24. The molecule has 0 aliphatic rings. The number of aliphatic hydroxyl groups is 1. The number of aliphatic hydroxyl groups excluding tert-OH is 1. The predicted octanol–water partition coefficient (Wildman–Crippen LogP) is -0.368. The molecule has 0 fully saturated rings. The van der Waals surface area contributed by atoms with Crippen molar-refractivity contribution < 1.29 is 14.6 Å². The summed E-state index contributed by atoms with van der Waals surface area (Å²) < 4.78 is 5.85. The van der Waals surface area contributed by atoms with Crippen molar-refractivity contribution in [1.29, 1.82) is 0 Å². The van der Waals surface area contributed by atoms with Crippen LogP contribution in [-0.4, -0.2) is 40.1 Å². The number of carbonyl (C=O) groups is 1. The molecule has 1 aromatic heterocycles. The third kappa shape index (κ3) is 4.25. The van der Waals surface area contributed by atoms with Gasteiger partial charge in [0, 0.05) is 17.5 Å². The summed E-state index contributed by atoms with van der Waals surface area (Å²) in [6, 6.07) is 0. The van der Waals surface area contributed by atoms with Gasteiger partial charge in [-0.2, -0.15) is 0 Å². The second-order valence-electron chi connectivity index (χ2n) is 3.81. The molecule has 0 saturated carbocycles. The van der Waals surface area contributed by atoms with Gasteiger partial charge in [0.15, 0.2) is 0 Å². The number of H-pyrrole nitrogens is 1. The number of rotatable bonds is 6. The Morgan fingerprint density at radius 3 is 2.84 bits per heavy atom. The highest BCUT2D eigenvalue weighted by atomic mass is 32.2. The van der Waals surface area contributed by atoms with E-state index in [9.17, 15) is 14.4 Å². The van der Waals surface area contributed by atoms with E-state index in [0.717, 1.165) is 0 Å². The number of nitrogens with zero attached hydrogens (tertiary/aromatic N) is 1. The minimum Gasteiger partial charge on any atom is -0.469 e.